The summed E-state index contributed by atoms with van der Waals surface area (Å²) in [5, 5.41) is 5.65. The van der Waals surface area contributed by atoms with E-state index >= 15 is 0 Å². The highest BCUT2D eigenvalue weighted by Gasteiger charge is 2.35. The summed E-state index contributed by atoms with van der Waals surface area (Å²) >= 11 is 5.23. The maximum atomic E-state index is 13.3. The molecule has 0 aliphatic carbocycles. The molecule has 1 saturated heterocycles. The normalized spacial score (nSPS) is 16.0. The molecule has 6 nitrogen and oxygen atoms in total. The summed E-state index contributed by atoms with van der Waals surface area (Å²) in [5.41, 5.74) is -0.573. The fraction of sp³-hybridized carbons (Fsp3) is 0.421. The van der Waals surface area contributed by atoms with Gasteiger partial charge in [-0.1, -0.05) is 12.1 Å². The lowest BCUT2D eigenvalue weighted by atomic mass is 9.74. The second kappa shape index (κ2) is 9.09. The molecule has 1 fully saturated rings. The predicted molar refractivity (Wildman–Crippen MR) is 106 cm³/mol. The quantitative estimate of drug-likeness (QED) is 0.539. The van der Waals surface area contributed by atoms with Crippen LogP contribution in [0.25, 0.3) is 0 Å². The van der Waals surface area contributed by atoms with Gasteiger partial charge >= 0.3 is 6.18 Å². The van der Waals surface area contributed by atoms with Gasteiger partial charge in [0.25, 0.3) is 0 Å². The number of nitrogens with zero attached hydrogens (tertiary/aromatic N) is 2. The highest BCUT2D eigenvalue weighted by molar-refractivity contribution is 7.80. The maximum absolute atomic E-state index is 13.3. The minimum atomic E-state index is -4.66. The van der Waals surface area contributed by atoms with Crippen molar-refractivity contribution in [2.24, 2.45) is 0 Å². The van der Waals surface area contributed by atoms with Gasteiger partial charge in [-0.3, -0.25) is 0 Å². The van der Waals surface area contributed by atoms with E-state index in [0.29, 0.717) is 38.7 Å². The summed E-state index contributed by atoms with van der Waals surface area (Å²) < 4.78 is 62.7. The predicted octanol–water partition coefficient (Wildman–Crippen LogP) is 3.68. The van der Waals surface area contributed by atoms with Crippen LogP contribution in [0.2, 0.25) is 0 Å². The molecule has 3 rings (SSSR count). The lowest BCUT2D eigenvalue weighted by Crippen LogP contribution is -2.45. The smallest absolute Gasteiger partial charge is 0.433 e. The minimum absolute atomic E-state index is 0.0596. The van der Waals surface area contributed by atoms with Gasteiger partial charge in [0.15, 0.2) is 10.8 Å². The van der Waals surface area contributed by atoms with Gasteiger partial charge in [0.2, 0.25) is 11.8 Å². The average molecular weight is 444 g/mol. The highest BCUT2D eigenvalue weighted by Crippen LogP contribution is 2.34. The van der Waals surface area contributed by atoms with Crippen molar-refractivity contribution in [1.29, 1.82) is 0 Å². The van der Waals surface area contributed by atoms with Crippen LogP contribution in [0.5, 0.6) is 5.88 Å². The van der Waals surface area contributed by atoms with Gasteiger partial charge in [0, 0.05) is 31.2 Å². The zero-order valence-electron chi connectivity index (χ0n) is 16.1. The molecule has 0 spiro atoms. The third-order valence-electron chi connectivity index (χ3n) is 4.92. The molecule has 0 radical (unpaired) electrons. The van der Waals surface area contributed by atoms with Crippen molar-refractivity contribution >= 4 is 23.3 Å². The fourth-order valence-electron chi connectivity index (χ4n) is 3.26. The van der Waals surface area contributed by atoms with E-state index in [-0.39, 0.29) is 28.2 Å². The molecule has 1 aromatic carbocycles. The minimum Gasteiger partial charge on any atom is -0.481 e. The van der Waals surface area contributed by atoms with Crippen LogP contribution in [0, 0.1) is 5.82 Å². The summed E-state index contributed by atoms with van der Waals surface area (Å²) in [6.07, 6.45) is -3.29. The number of halogens is 4. The van der Waals surface area contributed by atoms with E-state index in [1.54, 1.807) is 12.1 Å². The fourth-order valence-corrected chi connectivity index (χ4v) is 3.42. The van der Waals surface area contributed by atoms with Gasteiger partial charge in [-0.25, -0.2) is 9.37 Å². The first-order valence-corrected chi connectivity index (χ1v) is 9.52. The van der Waals surface area contributed by atoms with E-state index in [1.807, 2.05) is 0 Å². The topological polar surface area (TPSA) is 68.3 Å². The van der Waals surface area contributed by atoms with Crippen LogP contribution in [-0.2, 0) is 16.3 Å². The molecule has 0 amide bonds. The molecule has 2 aromatic rings. The Morgan fingerprint density at radius 2 is 1.87 bits per heavy atom. The van der Waals surface area contributed by atoms with Crippen molar-refractivity contribution in [3.8, 4) is 5.88 Å². The van der Waals surface area contributed by atoms with Crippen LogP contribution in [0.3, 0.4) is 0 Å². The Morgan fingerprint density at radius 1 is 1.20 bits per heavy atom. The Kier molecular flexibility index (Phi) is 6.71. The first kappa shape index (κ1) is 22.2. The molecule has 1 aliphatic rings. The Hall–Kier alpha value is -2.53. The number of methoxy groups -OCH3 is 1. The van der Waals surface area contributed by atoms with Crippen molar-refractivity contribution in [3.63, 3.8) is 0 Å². The van der Waals surface area contributed by atoms with E-state index < -0.39 is 11.9 Å². The van der Waals surface area contributed by atoms with E-state index in [4.69, 9.17) is 21.7 Å². The number of hydrogen-bond acceptors (Lipinski definition) is 5. The van der Waals surface area contributed by atoms with E-state index in [2.05, 4.69) is 20.6 Å². The lowest BCUT2D eigenvalue weighted by molar-refractivity contribution is -0.141. The van der Waals surface area contributed by atoms with Crippen molar-refractivity contribution in [2.45, 2.75) is 24.4 Å². The van der Waals surface area contributed by atoms with Gasteiger partial charge < -0.3 is 20.1 Å². The lowest BCUT2D eigenvalue weighted by Gasteiger charge is -2.38. The molecule has 30 heavy (non-hydrogen) atoms. The van der Waals surface area contributed by atoms with Crippen LogP contribution >= 0.6 is 12.2 Å². The van der Waals surface area contributed by atoms with Crippen molar-refractivity contribution in [1.82, 2.24) is 15.3 Å². The number of rotatable bonds is 5. The number of ether oxygens (including phenoxy) is 2. The van der Waals surface area contributed by atoms with E-state index in [9.17, 15) is 17.6 Å². The third-order valence-corrected chi connectivity index (χ3v) is 5.17. The zero-order chi connectivity index (χ0) is 21.8. The van der Waals surface area contributed by atoms with Gasteiger partial charge in [-0.2, -0.15) is 18.2 Å². The Bertz CT molecular complexity index is 887. The number of aromatic nitrogens is 2. The molecular weight excluding hydrogens is 424 g/mol. The zero-order valence-corrected chi connectivity index (χ0v) is 16.9. The second-order valence-electron chi connectivity index (χ2n) is 6.82. The van der Waals surface area contributed by atoms with Crippen molar-refractivity contribution in [2.75, 3.05) is 32.2 Å². The van der Waals surface area contributed by atoms with Gasteiger partial charge in [-0.05, 0) is 42.8 Å². The van der Waals surface area contributed by atoms with Crippen LogP contribution in [0.15, 0.2) is 30.3 Å². The number of benzene rings is 1. The van der Waals surface area contributed by atoms with Gasteiger partial charge in [0.05, 0.1) is 7.11 Å². The summed E-state index contributed by atoms with van der Waals surface area (Å²) in [6.45, 7) is 1.45. The third kappa shape index (κ3) is 5.33. The highest BCUT2D eigenvalue weighted by atomic mass is 32.1. The Morgan fingerprint density at radius 3 is 2.47 bits per heavy atom. The summed E-state index contributed by atoms with van der Waals surface area (Å²) in [6, 6.07) is 6.93. The first-order chi connectivity index (χ1) is 14.2. The number of hydrogen-bond donors (Lipinski definition) is 2. The molecule has 0 unspecified atom stereocenters. The van der Waals surface area contributed by atoms with Crippen LogP contribution in [0.4, 0.5) is 23.5 Å². The largest absolute Gasteiger partial charge is 0.481 e. The summed E-state index contributed by atoms with van der Waals surface area (Å²) in [5.74, 6) is -0.904. The molecule has 1 aromatic heterocycles. The molecule has 2 N–H and O–H groups in total. The SMILES string of the molecule is COc1cc(C(F)(F)F)nc(NC(=S)NCC2(c3ccc(F)cc3)CCOCC2)n1. The number of anilines is 1. The standard InChI is InChI=1S/C19H20F4N4O2S/c1-28-15-10-14(19(21,22)23)25-16(26-15)27-17(30)24-11-18(6-8-29-9-7-18)12-2-4-13(20)5-3-12/h2-5,10H,6-9,11H2,1H3,(H2,24,25,26,27,30). The molecule has 0 saturated carbocycles. The molecule has 0 bridgehead atoms. The van der Waals surface area contributed by atoms with Gasteiger partial charge in [0.1, 0.15) is 5.82 Å². The average Bonchev–Trinajstić information content (AvgIpc) is 2.72. The van der Waals surface area contributed by atoms with E-state index in [0.717, 1.165) is 5.56 Å². The van der Waals surface area contributed by atoms with E-state index in [1.165, 1.54) is 19.2 Å². The van der Waals surface area contributed by atoms with Crippen LogP contribution < -0.4 is 15.4 Å². The van der Waals surface area contributed by atoms with Crippen molar-refractivity contribution < 1.29 is 27.0 Å². The Labute approximate surface area is 176 Å². The monoisotopic (exact) mass is 444 g/mol. The first-order valence-electron chi connectivity index (χ1n) is 9.11. The van der Waals surface area contributed by atoms with Crippen molar-refractivity contribution in [3.05, 3.63) is 47.4 Å². The molecule has 162 valence electrons. The molecule has 1 aliphatic heterocycles. The number of nitrogens with one attached hydrogen (secondary N) is 2. The molecule has 11 heteroatoms. The molecule has 0 atom stereocenters. The number of alkyl halides is 3. The summed E-state index contributed by atoms with van der Waals surface area (Å²) in [7, 11) is 1.21. The number of thiocarbonyl (C=S) groups is 1. The van der Waals surface area contributed by atoms with Crippen LogP contribution in [-0.4, -0.2) is 41.9 Å². The summed E-state index contributed by atoms with van der Waals surface area (Å²) in [4.78, 5) is 7.31. The van der Waals surface area contributed by atoms with Gasteiger partial charge in [-0.15, -0.1) is 0 Å². The second-order valence-corrected chi connectivity index (χ2v) is 7.23. The maximum Gasteiger partial charge on any atom is 0.433 e. The molecular formula is C19H20F4N4O2S. The molecule has 2 heterocycles. The van der Waals surface area contributed by atoms with Crippen LogP contribution in [0.1, 0.15) is 24.1 Å². The Balaban J connectivity index is 1.73.